The molecule has 0 saturated carbocycles. The van der Waals surface area contributed by atoms with Gasteiger partial charge in [0.2, 0.25) is 0 Å². The minimum Gasteiger partial charge on any atom is -0.262 e. The SMILES string of the molecule is CCCCc1nn[nH]c1CCC. The molecule has 12 heavy (non-hydrogen) atoms. The average Bonchev–Trinajstić information content (AvgIpc) is 2.50. The highest BCUT2D eigenvalue weighted by Crippen LogP contribution is 2.07. The van der Waals surface area contributed by atoms with Crippen LogP contribution in [0, 0.1) is 0 Å². The number of rotatable bonds is 5. The molecule has 0 aliphatic rings. The van der Waals surface area contributed by atoms with Gasteiger partial charge >= 0.3 is 0 Å². The molecule has 0 atom stereocenters. The zero-order valence-electron chi connectivity index (χ0n) is 7.93. The normalized spacial score (nSPS) is 10.5. The molecule has 0 radical (unpaired) electrons. The summed E-state index contributed by atoms with van der Waals surface area (Å²) in [7, 11) is 0. The zero-order valence-corrected chi connectivity index (χ0v) is 7.93. The molecular formula is C9H17N3. The molecule has 0 amide bonds. The molecule has 0 aromatic carbocycles. The summed E-state index contributed by atoms with van der Waals surface area (Å²) < 4.78 is 0. The van der Waals surface area contributed by atoms with Crippen molar-refractivity contribution in [2.75, 3.05) is 0 Å². The van der Waals surface area contributed by atoms with Gasteiger partial charge in [0.15, 0.2) is 0 Å². The Labute approximate surface area is 73.6 Å². The Morgan fingerprint density at radius 1 is 1.17 bits per heavy atom. The molecule has 0 unspecified atom stereocenters. The van der Waals surface area contributed by atoms with Crippen LogP contribution in [0.15, 0.2) is 0 Å². The topological polar surface area (TPSA) is 41.6 Å². The molecule has 3 nitrogen and oxygen atoms in total. The van der Waals surface area contributed by atoms with Gasteiger partial charge in [-0.05, 0) is 19.3 Å². The van der Waals surface area contributed by atoms with Gasteiger partial charge in [-0.3, -0.25) is 5.10 Å². The molecule has 0 fully saturated rings. The fourth-order valence-electron chi connectivity index (χ4n) is 1.27. The number of hydrogen-bond acceptors (Lipinski definition) is 2. The van der Waals surface area contributed by atoms with Crippen LogP contribution in [0.1, 0.15) is 44.5 Å². The molecule has 1 heterocycles. The van der Waals surface area contributed by atoms with Crippen LogP contribution in [-0.2, 0) is 12.8 Å². The fraction of sp³-hybridized carbons (Fsp3) is 0.778. The number of aryl methyl sites for hydroxylation is 2. The van der Waals surface area contributed by atoms with Crippen molar-refractivity contribution in [2.24, 2.45) is 0 Å². The van der Waals surface area contributed by atoms with Gasteiger partial charge < -0.3 is 0 Å². The maximum absolute atomic E-state index is 4.07. The van der Waals surface area contributed by atoms with Gasteiger partial charge in [0.25, 0.3) is 0 Å². The molecule has 0 saturated heterocycles. The second-order valence-electron chi connectivity index (χ2n) is 3.09. The van der Waals surface area contributed by atoms with Crippen molar-refractivity contribution in [3.8, 4) is 0 Å². The molecule has 1 aromatic rings. The van der Waals surface area contributed by atoms with Crippen molar-refractivity contribution in [3.63, 3.8) is 0 Å². The molecule has 68 valence electrons. The van der Waals surface area contributed by atoms with Crippen molar-refractivity contribution >= 4 is 0 Å². The van der Waals surface area contributed by atoms with Crippen LogP contribution in [-0.4, -0.2) is 15.4 Å². The first-order valence-corrected chi connectivity index (χ1v) is 4.77. The number of nitrogens with zero attached hydrogens (tertiary/aromatic N) is 2. The summed E-state index contributed by atoms with van der Waals surface area (Å²) in [6.45, 7) is 4.37. The fourth-order valence-corrected chi connectivity index (χ4v) is 1.27. The van der Waals surface area contributed by atoms with Crippen LogP contribution in [0.2, 0.25) is 0 Å². The van der Waals surface area contributed by atoms with Crippen LogP contribution in [0.3, 0.4) is 0 Å². The average molecular weight is 167 g/mol. The molecule has 0 aliphatic heterocycles. The first-order chi connectivity index (χ1) is 5.88. The first-order valence-electron chi connectivity index (χ1n) is 4.77. The van der Waals surface area contributed by atoms with Gasteiger partial charge in [0.05, 0.1) is 11.4 Å². The Hall–Kier alpha value is -0.860. The monoisotopic (exact) mass is 167 g/mol. The quantitative estimate of drug-likeness (QED) is 0.729. The summed E-state index contributed by atoms with van der Waals surface area (Å²) in [5, 5.41) is 10.8. The number of hydrogen-bond donors (Lipinski definition) is 1. The van der Waals surface area contributed by atoms with Crippen LogP contribution < -0.4 is 0 Å². The number of nitrogens with one attached hydrogen (secondary N) is 1. The predicted octanol–water partition coefficient (Wildman–Crippen LogP) is 2.10. The van der Waals surface area contributed by atoms with Gasteiger partial charge in [0.1, 0.15) is 0 Å². The van der Waals surface area contributed by atoms with Gasteiger partial charge in [-0.1, -0.05) is 31.9 Å². The lowest BCUT2D eigenvalue weighted by molar-refractivity contribution is 0.760. The number of H-pyrrole nitrogens is 1. The van der Waals surface area contributed by atoms with Crippen LogP contribution >= 0.6 is 0 Å². The summed E-state index contributed by atoms with van der Waals surface area (Å²) in [5.41, 5.74) is 2.39. The lowest BCUT2D eigenvalue weighted by Crippen LogP contribution is -1.92. The Balaban J connectivity index is 2.51. The van der Waals surface area contributed by atoms with Gasteiger partial charge in [0, 0.05) is 0 Å². The third-order valence-corrected chi connectivity index (χ3v) is 1.97. The van der Waals surface area contributed by atoms with Crippen LogP contribution in [0.4, 0.5) is 0 Å². The van der Waals surface area contributed by atoms with Crippen molar-refractivity contribution in [2.45, 2.75) is 46.0 Å². The summed E-state index contributed by atoms with van der Waals surface area (Å²) in [5.74, 6) is 0. The van der Waals surface area contributed by atoms with E-state index in [0.29, 0.717) is 0 Å². The highest BCUT2D eigenvalue weighted by Gasteiger charge is 2.04. The minimum atomic E-state index is 1.07. The maximum atomic E-state index is 4.07. The Kier molecular flexibility index (Phi) is 3.77. The zero-order chi connectivity index (χ0) is 8.81. The van der Waals surface area contributed by atoms with Gasteiger partial charge in [-0.25, -0.2) is 0 Å². The first kappa shape index (κ1) is 9.23. The third-order valence-electron chi connectivity index (χ3n) is 1.97. The smallest absolute Gasteiger partial charge is 0.0856 e. The molecule has 1 aromatic heterocycles. The van der Waals surface area contributed by atoms with Gasteiger partial charge in [-0.2, -0.15) is 0 Å². The van der Waals surface area contributed by atoms with Crippen LogP contribution in [0.25, 0.3) is 0 Å². The Morgan fingerprint density at radius 3 is 2.67 bits per heavy atom. The number of aromatic nitrogens is 3. The molecule has 0 aliphatic carbocycles. The van der Waals surface area contributed by atoms with Crippen molar-refractivity contribution < 1.29 is 0 Å². The summed E-state index contributed by atoms with van der Waals surface area (Å²) >= 11 is 0. The highest BCUT2D eigenvalue weighted by atomic mass is 15.3. The molecule has 3 heteroatoms. The van der Waals surface area contributed by atoms with E-state index in [1.165, 1.54) is 24.2 Å². The second kappa shape index (κ2) is 4.91. The molecule has 1 N–H and O–H groups in total. The van der Waals surface area contributed by atoms with E-state index in [0.717, 1.165) is 19.3 Å². The molecule has 1 rings (SSSR count). The number of aromatic amines is 1. The lowest BCUT2D eigenvalue weighted by atomic mass is 10.1. The highest BCUT2D eigenvalue weighted by molar-refractivity contribution is 5.08. The Morgan fingerprint density at radius 2 is 2.00 bits per heavy atom. The standard InChI is InChI=1S/C9H17N3/c1-3-5-7-9-8(6-4-2)10-12-11-9/h3-7H2,1-2H3,(H,10,11,12). The Bertz CT molecular complexity index is 217. The minimum absolute atomic E-state index is 1.07. The maximum Gasteiger partial charge on any atom is 0.0856 e. The van der Waals surface area contributed by atoms with E-state index in [9.17, 15) is 0 Å². The van der Waals surface area contributed by atoms with Gasteiger partial charge in [-0.15, -0.1) is 5.10 Å². The molecule has 0 bridgehead atoms. The van der Waals surface area contributed by atoms with Crippen molar-refractivity contribution in [1.29, 1.82) is 0 Å². The summed E-state index contributed by atoms with van der Waals surface area (Å²) in [6, 6.07) is 0. The number of unbranched alkanes of at least 4 members (excludes halogenated alkanes) is 1. The van der Waals surface area contributed by atoms with E-state index in [-0.39, 0.29) is 0 Å². The summed E-state index contributed by atoms with van der Waals surface area (Å²) in [6.07, 6.45) is 5.74. The third kappa shape index (κ3) is 2.32. The van der Waals surface area contributed by atoms with E-state index in [1.54, 1.807) is 0 Å². The van der Waals surface area contributed by atoms with E-state index < -0.39 is 0 Å². The predicted molar refractivity (Wildman–Crippen MR) is 49.0 cm³/mol. The largest absolute Gasteiger partial charge is 0.262 e. The van der Waals surface area contributed by atoms with Crippen molar-refractivity contribution in [1.82, 2.24) is 15.4 Å². The van der Waals surface area contributed by atoms with Crippen LogP contribution in [0.5, 0.6) is 0 Å². The second-order valence-corrected chi connectivity index (χ2v) is 3.09. The molecule has 0 spiro atoms. The molecular weight excluding hydrogens is 150 g/mol. The van der Waals surface area contributed by atoms with E-state index in [4.69, 9.17) is 0 Å². The van der Waals surface area contributed by atoms with E-state index in [2.05, 4.69) is 29.3 Å². The summed E-state index contributed by atoms with van der Waals surface area (Å²) in [4.78, 5) is 0. The lowest BCUT2D eigenvalue weighted by Gasteiger charge is -1.97. The van der Waals surface area contributed by atoms with Crippen molar-refractivity contribution in [3.05, 3.63) is 11.4 Å². The van der Waals surface area contributed by atoms with E-state index in [1.807, 2.05) is 0 Å². The van der Waals surface area contributed by atoms with E-state index >= 15 is 0 Å².